The van der Waals surface area contributed by atoms with E-state index in [0.717, 1.165) is 11.3 Å². The summed E-state index contributed by atoms with van der Waals surface area (Å²) in [7, 11) is 1.85. The van der Waals surface area contributed by atoms with Crippen molar-refractivity contribution in [3.8, 4) is 5.75 Å². The van der Waals surface area contributed by atoms with Crippen molar-refractivity contribution in [2.75, 3.05) is 0 Å². The molecular formula is C19H21ClN4O3. The van der Waals surface area contributed by atoms with Crippen molar-refractivity contribution >= 4 is 17.5 Å². The average Bonchev–Trinajstić information content (AvgIpc) is 3.16. The lowest BCUT2D eigenvalue weighted by Crippen LogP contribution is -2.28. The number of amides is 1. The van der Waals surface area contributed by atoms with Crippen LogP contribution in [0, 0.1) is 13.8 Å². The van der Waals surface area contributed by atoms with E-state index in [9.17, 15) is 4.79 Å². The molecule has 1 N–H and O–H groups in total. The molecule has 0 bridgehead atoms. The van der Waals surface area contributed by atoms with Crippen LogP contribution in [0.5, 0.6) is 5.75 Å². The molecule has 0 aliphatic rings. The summed E-state index contributed by atoms with van der Waals surface area (Å²) in [6.45, 7) is 5.72. The number of halogens is 1. The molecule has 1 aromatic carbocycles. The molecule has 0 aliphatic carbocycles. The second kappa shape index (κ2) is 7.84. The van der Waals surface area contributed by atoms with Gasteiger partial charge in [0.15, 0.2) is 5.69 Å². The van der Waals surface area contributed by atoms with Gasteiger partial charge < -0.3 is 14.6 Å². The summed E-state index contributed by atoms with van der Waals surface area (Å²) in [5.74, 6) is 0.863. The zero-order valence-electron chi connectivity index (χ0n) is 15.6. The van der Waals surface area contributed by atoms with E-state index in [1.165, 1.54) is 0 Å². The summed E-state index contributed by atoms with van der Waals surface area (Å²) in [5.41, 5.74) is 2.64. The van der Waals surface area contributed by atoms with Gasteiger partial charge in [-0.25, -0.2) is 0 Å². The zero-order chi connectivity index (χ0) is 19.6. The highest BCUT2D eigenvalue weighted by Gasteiger charge is 2.23. The van der Waals surface area contributed by atoms with Crippen LogP contribution >= 0.6 is 11.6 Å². The van der Waals surface area contributed by atoms with Crippen molar-refractivity contribution in [3.05, 3.63) is 63.8 Å². The molecule has 1 atom stereocenters. The Balaban J connectivity index is 1.72. The van der Waals surface area contributed by atoms with E-state index >= 15 is 0 Å². The summed E-state index contributed by atoms with van der Waals surface area (Å²) in [5, 5.41) is 11.8. The lowest BCUT2D eigenvalue weighted by atomic mass is 10.1. The predicted octanol–water partition coefficient (Wildman–Crippen LogP) is 3.75. The molecule has 2 aromatic heterocycles. The summed E-state index contributed by atoms with van der Waals surface area (Å²) < 4.78 is 12.7. The van der Waals surface area contributed by atoms with Gasteiger partial charge in [-0.05, 0) is 45.0 Å². The summed E-state index contributed by atoms with van der Waals surface area (Å²) in [4.78, 5) is 12.7. The molecule has 0 saturated heterocycles. The minimum atomic E-state index is -0.322. The molecule has 1 unspecified atom stereocenters. The topological polar surface area (TPSA) is 82.2 Å². The SMILES string of the molecule is Cc1nn(C)cc1C(C)NC(=O)c1noc(C)c1COc1ccc(Cl)cc1. The fourth-order valence-electron chi connectivity index (χ4n) is 2.81. The highest BCUT2D eigenvalue weighted by atomic mass is 35.5. The van der Waals surface area contributed by atoms with E-state index in [1.807, 2.05) is 27.1 Å². The average molecular weight is 389 g/mol. The third kappa shape index (κ3) is 4.31. The van der Waals surface area contributed by atoms with Gasteiger partial charge in [0, 0.05) is 23.8 Å². The number of rotatable bonds is 6. The van der Waals surface area contributed by atoms with E-state index in [0.29, 0.717) is 22.1 Å². The van der Waals surface area contributed by atoms with Crippen LogP contribution in [0.4, 0.5) is 0 Å². The van der Waals surface area contributed by atoms with Crippen molar-refractivity contribution in [1.82, 2.24) is 20.3 Å². The number of hydrogen-bond donors (Lipinski definition) is 1. The Morgan fingerprint density at radius 3 is 2.67 bits per heavy atom. The second-order valence-electron chi connectivity index (χ2n) is 6.35. The molecule has 0 fully saturated rings. The number of carbonyl (C=O) groups is 1. The van der Waals surface area contributed by atoms with Gasteiger partial charge in [-0.3, -0.25) is 9.48 Å². The van der Waals surface area contributed by atoms with Crippen LogP contribution in [-0.4, -0.2) is 20.8 Å². The molecule has 0 aliphatic heterocycles. The van der Waals surface area contributed by atoms with Gasteiger partial charge in [-0.15, -0.1) is 0 Å². The Morgan fingerprint density at radius 2 is 2.04 bits per heavy atom. The number of benzene rings is 1. The smallest absolute Gasteiger partial charge is 0.274 e. The van der Waals surface area contributed by atoms with Crippen molar-refractivity contribution in [1.29, 1.82) is 0 Å². The van der Waals surface area contributed by atoms with Gasteiger partial charge in [0.05, 0.1) is 17.3 Å². The number of hydrogen-bond acceptors (Lipinski definition) is 5. The fourth-order valence-corrected chi connectivity index (χ4v) is 2.94. The van der Waals surface area contributed by atoms with Crippen LogP contribution in [0.1, 0.15) is 46.0 Å². The van der Waals surface area contributed by atoms with Crippen molar-refractivity contribution in [3.63, 3.8) is 0 Å². The molecule has 1 amide bonds. The highest BCUT2D eigenvalue weighted by Crippen LogP contribution is 2.21. The molecular weight excluding hydrogens is 368 g/mol. The molecule has 7 nitrogen and oxygen atoms in total. The normalized spacial score (nSPS) is 12.0. The van der Waals surface area contributed by atoms with Gasteiger partial charge in [0.25, 0.3) is 5.91 Å². The molecule has 2 heterocycles. The predicted molar refractivity (Wildman–Crippen MR) is 101 cm³/mol. The molecule has 3 aromatic rings. The third-order valence-electron chi connectivity index (χ3n) is 4.26. The molecule has 0 saturated carbocycles. The van der Waals surface area contributed by atoms with Crippen LogP contribution in [0.3, 0.4) is 0 Å². The largest absolute Gasteiger partial charge is 0.489 e. The first-order valence-corrected chi connectivity index (χ1v) is 8.87. The lowest BCUT2D eigenvalue weighted by Gasteiger charge is -2.13. The van der Waals surface area contributed by atoms with Gasteiger partial charge in [-0.2, -0.15) is 5.10 Å². The highest BCUT2D eigenvalue weighted by molar-refractivity contribution is 6.30. The Labute approximate surface area is 162 Å². The minimum Gasteiger partial charge on any atom is -0.489 e. The maximum Gasteiger partial charge on any atom is 0.274 e. The molecule has 0 radical (unpaired) electrons. The van der Waals surface area contributed by atoms with Crippen LogP contribution in [-0.2, 0) is 13.7 Å². The Hall–Kier alpha value is -2.80. The van der Waals surface area contributed by atoms with Crippen LogP contribution in [0.15, 0.2) is 35.0 Å². The number of ether oxygens (including phenoxy) is 1. The quantitative estimate of drug-likeness (QED) is 0.695. The maximum absolute atomic E-state index is 12.7. The van der Waals surface area contributed by atoms with Crippen molar-refractivity contribution in [2.45, 2.75) is 33.4 Å². The Morgan fingerprint density at radius 1 is 1.33 bits per heavy atom. The number of nitrogens with one attached hydrogen (secondary N) is 1. The lowest BCUT2D eigenvalue weighted by molar-refractivity contribution is 0.0928. The van der Waals surface area contributed by atoms with E-state index in [-0.39, 0.29) is 24.2 Å². The first-order valence-electron chi connectivity index (χ1n) is 8.49. The van der Waals surface area contributed by atoms with E-state index < -0.39 is 0 Å². The molecule has 0 spiro atoms. The van der Waals surface area contributed by atoms with E-state index in [4.69, 9.17) is 20.9 Å². The zero-order valence-corrected chi connectivity index (χ0v) is 16.4. The van der Waals surface area contributed by atoms with Gasteiger partial charge >= 0.3 is 0 Å². The molecule has 27 heavy (non-hydrogen) atoms. The first-order chi connectivity index (χ1) is 12.8. The maximum atomic E-state index is 12.7. The second-order valence-corrected chi connectivity index (χ2v) is 6.78. The van der Waals surface area contributed by atoms with Crippen molar-refractivity contribution < 1.29 is 14.1 Å². The van der Waals surface area contributed by atoms with E-state index in [2.05, 4.69) is 15.6 Å². The monoisotopic (exact) mass is 388 g/mol. The Bertz CT molecular complexity index is 947. The van der Waals surface area contributed by atoms with Crippen molar-refractivity contribution in [2.24, 2.45) is 7.05 Å². The fraction of sp³-hybridized carbons (Fsp3) is 0.316. The number of aryl methyl sites for hydroxylation is 3. The van der Waals surface area contributed by atoms with Crippen LogP contribution < -0.4 is 10.1 Å². The molecule has 8 heteroatoms. The molecule has 142 valence electrons. The van der Waals surface area contributed by atoms with Gasteiger partial charge in [0.2, 0.25) is 0 Å². The minimum absolute atomic E-state index is 0.167. The van der Waals surface area contributed by atoms with Crippen LogP contribution in [0.2, 0.25) is 5.02 Å². The number of aromatic nitrogens is 3. The summed E-state index contributed by atoms with van der Waals surface area (Å²) in [6, 6.07) is 6.79. The first kappa shape index (κ1) is 19.0. The molecule has 3 rings (SSSR count). The standard InChI is InChI=1S/C19H21ClN4O3/c1-11(16-9-24(4)22-12(16)2)21-19(25)18-17(13(3)27-23-18)10-26-15-7-5-14(20)6-8-15/h5-9,11H,10H2,1-4H3,(H,21,25). The Kier molecular flexibility index (Phi) is 5.51. The number of nitrogens with zero attached hydrogens (tertiary/aromatic N) is 3. The summed E-state index contributed by atoms with van der Waals surface area (Å²) in [6.07, 6.45) is 1.89. The van der Waals surface area contributed by atoms with Gasteiger partial charge in [0.1, 0.15) is 18.1 Å². The summed E-state index contributed by atoms with van der Waals surface area (Å²) >= 11 is 5.88. The third-order valence-corrected chi connectivity index (χ3v) is 4.51. The van der Waals surface area contributed by atoms with Gasteiger partial charge in [-0.1, -0.05) is 16.8 Å². The number of carbonyl (C=O) groups excluding carboxylic acids is 1. The van der Waals surface area contributed by atoms with E-state index in [1.54, 1.807) is 35.9 Å². The van der Waals surface area contributed by atoms with Crippen LogP contribution in [0.25, 0.3) is 0 Å².